The number of aliphatic hydroxyl groups excluding tert-OH is 1. The number of hydrogen-bond acceptors (Lipinski definition) is 4. The first-order chi connectivity index (χ1) is 12.4. The van der Waals surface area contributed by atoms with E-state index in [0.29, 0.717) is 11.3 Å². The molecule has 5 nitrogen and oxygen atoms in total. The Morgan fingerprint density at radius 3 is 2.35 bits per heavy atom. The Kier molecular flexibility index (Phi) is 5.13. The highest BCUT2D eigenvalue weighted by Gasteiger charge is 2.45. The first-order valence-electron chi connectivity index (χ1n) is 8.20. The molecule has 1 atom stereocenters. The van der Waals surface area contributed by atoms with Crippen LogP contribution in [0.3, 0.4) is 0 Å². The standard InChI is InChI=1S/C20H18BrNO4/c1-3-26-20(25)16-17(13-6-8-14(21)9-7-13)22(19(24)18(16)23)15-10-4-12(2)5-11-15/h4-11,17,23H,3H2,1-2H3/t17-/m0/s1. The topological polar surface area (TPSA) is 66.8 Å². The van der Waals surface area contributed by atoms with Crippen molar-refractivity contribution in [3.05, 3.63) is 75.5 Å². The van der Waals surface area contributed by atoms with Crippen LogP contribution in [-0.4, -0.2) is 23.6 Å². The maximum Gasteiger partial charge on any atom is 0.340 e. The molecule has 6 heteroatoms. The van der Waals surface area contributed by atoms with Gasteiger partial charge in [0.15, 0.2) is 5.76 Å². The first kappa shape index (κ1) is 18.2. The molecule has 0 unspecified atom stereocenters. The van der Waals surface area contributed by atoms with Crippen molar-refractivity contribution >= 4 is 33.5 Å². The van der Waals surface area contributed by atoms with Crippen molar-refractivity contribution in [2.45, 2.75) is 19.9 Å². The average molecular weight is 416 g/mol. The van der Waals surface area contributed by atoms with Gasteiger partial charge in [0, 0.05) is 10.2 Å². The Morgan fingerprint density at radius 1 is 1.15 bits per heavy atom. The van der Waals surface area contributed by atoms with Gasteiger partial charge in [0.1, 0.15) is 5.57 Å². The number of benzene rings is 2. The predicted octanol–water partition coefficient (Wildman–Crippen LogP) is 4.22. The minimum atomic E-state index is -0.752. The lowest BCUT2D eigenvalue weighted by Crippen LogP contribution is -2.31. The zero-order chi connectivity index (χ0) is 18.8. The summed E-state index contributed by atoms with van der Waals surface area (Å²) in [6, 6.07) is 13.8. The quantitative estimate of drug-likeness (QED) is 0.758. The third-order valence-corrected chi connectivity index (χ3v) is 4.73. The van der Waals surface area contributed by atoms with Crippen LogP contribution in [0.25, 0.3) is 0 Å². The molecule has 0 aliphatic carbocycles. The molecule has 0 saturated heterocycles. The Balaban J connectivity index is 2.14. The van der Waals surface area contributed by atoms with Gasteiger partial charge in [-0.1, -0.05) is 45.8 Å². The SMILES string of the molecule is CCOC(=O)C1=C(O)C(=O)N(c2ccc(C)cc2)[C@H]1c1ccc(Br)cc1. The summed E-state index contributed by atoms with van der Waals surface area (Å²) in [6.45, 7) is 3.78. The molecule has 0 fully saturated rings. The van der Waals surface area contributed by atoms with Crippen LogP contribution in [0.4, 0.5) is 5.69 Å². The smallest absolute Gasteiger partial charge is 0.340 e. The molecule has 0 bridgehead atoms. The Hall–Kier alpha value is -2.60. The van der Waals surface area contributed by atoms with Gasteiger partial charge in [0.25, 0.3) is 5.91 Å². The monoisotopic (exact) mass is 415 g/mol. The maximum absolute atomic E-state index is 12.8. The summed E-state index contributed by atoms with van der Waals surface area (Å²) in [5.74, 6) is -1.89. The van der Waals surface area contributed by atoms with Gasteiger partial charge in [0.05, 0.1) is 12.6 Å². The van der Waals surface area contributed by atoms with Crippen LogP contribution >= 0.6 is 15.9 Å². The molecule has 2 aromatic rings. The number of carbonyl (C=O) groups excluding carboxylic acids is 2. The summed E-state index contributed by atoms with van der Waals surface area (Å²) in [4.78, 5) is 26.6. The van der Waals surface area contributed by atoms with Crippen LogP contribution in [0.1, 0.15) is 24.1 Å². The zero-order valence-electron chi connectivity index (χ0n) is 14.4. The first-order valence-corrected chi connectivity index (χ1v) is 8.99. The number of esters is 1. The minimum absolute atomic E-state index is 0.0419. The lowest BCUT2D eigenvalue weighted by Gasteiger charge is -2.26. The van der Waals surface area contributed by atoms with Crippen LogP contribution in [0.2, 0.25) is 0 Å². The lowest BCUT2D eigenvalue weighted by atomic mass is 9.99. The Bertz CT molecular complexity index is 872. The van der Waals surface area contributed by atoms with Crippen LogP contribution in [0.5, 0.6) is 0 Å². The van der Waals surface area contributed by atoms with Crippen molar-refractivity contribution in [1.29, 1.82) is 0 Å². The molecule has 1 heterocycles. The number of aryl methyl sites for hydroxylation is 1. The van der Waals surface area contributed by atoms with E-state index in [-0.39, 0.29) is 12.2 Å². The summed E-state index contributed by atoms with van der Waals surface area (Å²) in [7, 11) is 0. The molecule has 0 saturated carbocycles. The largest absolute Gasteiger partial charge is 0.503 e. The fraction of sp³-hybridized carbons (Fsp3) is 0.200. The highest BCUT2D eigenvalue weighted by atomic mass is 79.9. The van der Waals surface area contributed by atoms with E-state index in [4.69, 9.17) is 4.74 Å². The van der Waals surface area contributed by atoms with Crippen molar-refractivity contribution in [2.24, 2.45) is 0 Å². The van der Waals surface area contributed by atoms with Gasteiger partial charge < -0.3 is 9.84 Å². The molecular formula is C20H18BrNO4. The van der Waals surface area contributed by atoms with Crippen LogP contribution in [0, 0.1) is 6.92 Å². The van der Waals surface area contributed by atoms with Gasteiger partial charge in [-0.3, -0.25) is 9.69 Å². The van der Waals surface area contributed by atoms with E-state index < -0.39 is 23.7 Å². The number of amides is 1. The molecule has 0 spiro atoms. The average Bonchev–Trinajstić information content (AvgIpc) is 2.88. The third kappa shape index (κ3) is 3.24. The second kappa shape index (κ2) is 7.33. The maximum atomic E-state index is 12.8. The normalized spacial score (nSPS) is 17.0. The van der Waals surface area contributed by atoms with E-state index in [0.717, 1.165) is 10.0 Å². The number of halogens is 1. The van der Waals surface area contributed by atoms with Crippen LogP contribution in [-0.2, 0) is 14.3 Å². The highest BCUT2D eigenvalue weighted by Crippen LogP contribution is 2.41. The summed E-state index contributed by atoms with van der Waals surface area (Å²) < 4.78 is 5.95. The molecule has 0 aromatic heterocycles. The number of rotatable bonds is 4. The van der Waals surface area contributed by atoms with Gasteiger partial charge >= 0.3 is 5.97 Å². The van der Waals surface area contributed by atoms with E-state index >= 15 is 0 Å². The summed E-state index contributed by atoms with van der Waals surface area (Å²) in [6.07, 6.45) is 0. The molecule has 1 aliphatic rings. The van der Waals surface area contributed by atoms with Crippen LogP contribution < -0.4 is 4.90 Å². The van der Waals surface area contributed by atoms with Gasteiger partial charge in [-0.2, -0.15) is 0 Å². The fourth-order valence-corrected chi connectivity index (χ4v) is 3.22. The molecule has 1 N–H and O–H groups in total. The summed E-state index contributed by atoms with van der Waals surface area (Å²) >= 11 is 3.38. The second-order valence-corrected chi connectivity index (χ2v) is 6.86. The lowest BCUT2D eigenvalue weighted by molar-refractivity contribution is -0.139. The zero-order valence-corrected chi connectivity index (χ0v) is 16.0. The molecule has 3 rings (SSSR count). The molecule has 134 valence electrons. The number of hydrogen-bond donors (Lipinski definition) is 1. The van der Waals surface area contributed by atoms with Crippen molar-refractivity contribution in [3.8, 4) is 0 Å². The van der Waals surface area contributed by atoms with Crippen molar-refractivity contribution in [2.75, 3.05) is 11.5 Å². The molecular weight excluding hydrogens is 398 g/mol. The van der Waals surface area contributed by atoms with Gasteiger partial charge in [-0.25, -0.2) is 4.79 Å². The number of carbonyl (C=O) groups is 2. The van der Waals surface area contributed by atoms with E-state index in [1.54, 1.807) is 31.2 Å². The fourth-order valence-electron chi connectivity index (χ4n) is 2.95. The number of anilines is 1. The van der Waals surface area contributed by atoms with E-state index in [1.807, 2.05) is 31.2 Å². The van der Waals surface area contributed by atoms with Gasteiger partial charge in [-0.05, 0) is 43.7 Å². The number of aliphatic hydroxyl groups is 1. The molecule has 1 aliphatic heterocycles. The second-order valence-electron chi connectivity index (χ2n) is 5.95. The molecule has 26 heavy (non-hydrogen) atoms. The molecule has 0 radical (unpaired) electrons. The molecule has 1 amide bonds. The minimum Gasteiger partial charge on any atom is -0.503 e. The van der Waals surface area contributed by atoms with E-state index in [1.165, 1.54) is 4.90 Å². The van der Waals surface area contributed by atoms with Gasteiger partial charge in [-0.15, -0.1) is 0 Å². The molecule has 2 aromatic carbocycles. The van der Waals surface area contributed by atoms with Crippen LogP contribution in [0.15, 0.2) is 64.3 Å². The summed E-state index contributed by atoms with van der Waals surface area (Å²) in [5, 5.41) is 10.4. The van der Waals surface area contributed by atoms with Gasteiger partial charge in [0.2, 0.25) is 0 Å². The van der Waals surface area contributed by atoms with Crippen molar-refractivity contribution in [3.63, 3.8) is 0 Å². The highest BCUT2D eigenvalue weighted by molar-refractivity contribution is 9.10. The Morgan fingerprint density at radius 2 is 1.77 bits per heavy atom. The number of ether oxygens (including phenoxy) is 1. The number of nitrogens with zero attached hydrogens (tertiary/aromatic N) is 1. The van der Waals surface area contributed by atoms with E-state index in [2.05, 4.69) is 15.9 Å². The van der Waals surface area contributed by atoms with Crippen molar-refractivity contribution < 1.29 is 19.4 Å². The predicted molar refractivity (Wildman–Crippen MR) is 102 cm³/mol. The Labute approximate surface area is 160 Å². The van der Waals surface area contributed by atoms with Crippen molar-refractivity contribution in [1.82, 2.24) is 0 Å². The van der Waals surface area contributed by atoms with E-state index in [9.17, 15) is 14.7 Å². The summed E-state index contributed by atoms with van der Waals surface area (Å²) in [5.41, 5.74) is 2.30. The third-order valence-electron chi connectivity index (χ3n) is 4.20.